The van der Waals surface area contributed by atoms with Crippen LogP contribution in [-0.4, -0.2) is 55.9 Å². The van der Waals surface area contributed by atoms with E-state index < -0.39 is 15.6 Å². The van der Waals surface area contributed by atoms with Crippen molar-refractivity contribution < 1.29 is 8.42 Å². The third-order valence-corrected chi connectivity index (χ3v) is 6.91. The fourth-order valence-electron chi connectivity index (χ4n) is 3.38. The average molecular weight is 421 g/mol. The largest absolute Gasteiger partial charge is 0.382 e. The van der Waals surface area contributed by atoms with Crippen LogP contribution in [0.1, 0.15) is 13.3 Å². The lowest BCUT2D eigenvalue weighted by Gasteiger charge is -2.47. The van der Waals surface area contributed by atoms with Crippen molar-refractivity contribution in [3.8, 4) is 17.3 Å². The molecule has 2 N–H and O–H groups in total. The van der Waals surface area contributed by atoms with Crippen LogP contribution in [0, 0.1) is 11.3 Å². The predicted molar refractivity (Wildman–Crippen MR) is 103 cm³/mol. The number of nitrogens with two attached hydrogens (primary N) is 1. The zero-order valence-corrected chi connectivity index (χ0v) is 16.5. The van der Waals surface area contributed by atoms with E-state index >= 15 is 0 Å². The van der Waals surface area contributed by atoms with Gasteiger partial charge in [0, 0.05) is 31.4 Å². The Balaban J connectivity index is 1.77. The summed E-state index contributed by atoms with van der Waals surface area (Å²) in [6.07, 6.45) is 3.41. The number of nitrogen functional groups attached to an aromatic ring is 1. The molecule has 3 aromatic rings. The van der Waals surface area contributed by atoms with E-state index in [0.29, 0.717) is 16.9 Å². The Morgan fingerprint density at radius 3 is 2.86 bits per heavy atom. The molecule has 0 atom stereocenters. The van der Waals surface area contributed by atoms with Crippen LogP contribution in [0.25, 0.3) is 16.9 Å². The molecule has 0 aliphatic carbocycles. The second-order valence-corrected chi connectivity index (χ2v) is 9.31. The summed E-state index contributed by atoms with van der Waals surface area (Å²) >= 11 is 6.12. The summed E-state index contributed by atoms with van der Waals surface area (Å²) in [7, 11) is -3.33. The zero-order valence-electron chi connectivity index (χ0n) is 14.9. The highest BCUT2D eigenvalue weighted by Crippen LogP contribution is 2.37. The number of sulfonamides is 1. The smallest absolute Gasteiger partial charge is 0.213 e. The molecule has 0 bridgehead atoms. The highest BCUT2D eigenvalue weighted by molar-refractivity contribution is 7.89. The summed E-state index contributed by atoms with van der Waals surface area (Å²) in [5.41, 5.74) is 7.13. The first-order chi connectivity index (χ1) is 13.3. The number of hydrogen-bond acceptors (Lipinski definition) is 7. The molecule has 10 nitrogen and oxygen atoms in total. The van der Waals surface area contributed by atoms with E-state index in [0.717, 1.165) is 0 Å². The highest BCUT2D eigenvalue weighted by Gasteiger charge is 2.50. The Bertz CT molecular complexity index is 1200. The maximum absolute atomic E-state index is 12.1. The fourth-order valence-corrected chi connectivity index (χ4v) is 4.81. The van der Waals surface area contributed by atoms with Crippen molar-refractivity contribution in [2.24, 2.45) is 0 Å². The first-order valence-corrected chi connectivity index (χ1v) is 10.5. The first kappa shape index (κ1) is 18.7. The molecule has 0 aromatic carbocycles. The third kappa shape index (κ3) is 2.81. The Labute approximate surface area is 166 Å². The van der Waals surface area contributed by atoms with Gasteiger partial charge in [-0.15, -0.1) is 0 Å². The lowest BCUT2D eigenvalue weighted by molar-refractivity contribution is 0.0722. The van der Waals surface area contributed by atoms with Crippen LogP contribution in [0.5, 0.6) is 0 Å². The molecule has 4 rings (SSSR count). The van der Waals surface area contributed by atoms with Crippen LogP contribution in [0.4, 0.5) is 5.82 Å². The molecule has 3 aromatic heterocycles. The SMILES string of the molecule is CCS(=O)(=O)N1CC(CC#N)(n2cc(-c3cc(Cl)nc4ccnn34)c(N)n2)C1. The Morgan fingerprint density at radius 1 is 1.43 bits per heavy atom. The lowest BCUT2D eigenvalue weighted by atomic mass is 9.89. The van der Waals surface area contributed by atoms with Gasteiger partial charge in [0.25, 0.3) is 0 Å². The van der Waals surface area contributed by atoms with Crippen LogP contribution < -0.4 is 5.73 Å². The van der Waals surface area contributed by atoms with Crippen molar-refractivity contribution in [1.29, 1.82) is 5.26 Å². The molecule has 4 heterocycles. The van der Waals surface area contributed by atoms with Gasteiger partial charge in [-0.25, -0.2) is 17.9 Å². The van der Waals surface area contributed by atoms with E-state index in [1.165, 1.54) is 4.31 Å². The van der Waals surface area contributed by atoms with Crippen LogP contribution in [0.15, 0.2) is 24.5 Å². The number of anilines is 1. The maximum atomic E-state index is 12.1. The van der Waals surface area contributed by atoms with Gasteiger partial charge >= 0.3 is 0 Å². The molecule has 28 heavy (non-hydrogen) atoms. The minimum Gasteiger partial charge on any atom is -0.382 e. The molecule has 0 spiro atoms. The minimum absolute atomic E-state index is 0.00885. The van der Waals surface area contributed by atoms with Crippen LogP contribution in [0.3, 0.4) is 0 Å². The van der Waals surface area contributed by atoms with Crippen molar-refractivity contribution in [2.45, 2.75) is 18.9 Å². The number of halogens is 1. The molecule has 1 aliphatic heterocycles. The highest BCUT2D eigenvalue weighted by atomic mass is 35.5. The normalized spacial score (nSPS) is 16.8. The van der Waals surface area contributed by atoms with Gasteiger partial charge in [-0.05, 0) is 6.92 Å². The van der Waals surface area contributed by atoms with E-state index in [1.807, 2.05) is 0 Å². The summed E-state index contributed by atoms with van der Waals surface area (Å²) in [6.45, 7) is 1.93. The van der Waals surface area contributed by atoms with Crippen molar-refractivity contribution in [3.05, 3.63) is 29.7 Å². The summed E-state index contributed by atoms with van der Waals surface area (Å²) in [4.78, 5) is 4.19. The third-order valence-electron chi connectivity index (χ3n) is 4.94. The summed E-state index contributed by atoms with van der Waals surface area (Å²) in [5, 5.41) is 18.2. The van der Waals surface area contributed by atoms with E-state index in [1.54, 1.807) is 40.6 Å². The van der Waals surface area contributed by atoms with Crippen molar-refractivity contribution >= 4 is 33.1 Å². The standard InChI is InChI=1S/C16H17ClN8O2S/c1-2-28(26,27)23-9-16(10-23,4-5-18)24-8-11(15(19)22-24)12-7-13(17)21-14-3-6-20-25(12)14/h3,6-8H,2,4,9-10H2,1H3,(H2,19,22). The number of nitrogens with zero attached hydrogens (tertiary/aromatic N) is 7. The van der Waals surface area contributed by atoms with Gasteiger partial charge in [-0.3, -0.25) is 4.68 Å². The second kappa shape index (κ2) is 6.44. The summed E-state index contributed by atoms with van der Waals surface area (Å²) in [6, 6.07) is 5.47. The van der Waals surface area contributed by atoms with E-state index in [-0.39, 0.29) is 36.2 Å². The van der Waals surface area contributed by atoms with Crippen molar-refractivity contribution in [2.75, 3.05) is 24.6 Å². The topological polar surface area (TPSA) is 135 Å². The van der Waals surface area contributed by atoms with Gasteiger partial charge in [-0.1, -0.05) is 11.6 Å². The molecule has 1 fully saturated rings. The van der Waals surface area contributed by atoms with Gasteiger partial charge in [0.15, 0.2) is 11.5 Å². The Morgan fingerprint density at radius 2 is 2.18 bits per heavy atom. The number of aromatic nitrogens is 5. The molecule has 12 heteroatoms. The van der Waals surface area contributed by atoms with Crippen LogP contribution in [-0.2, 0) is 15.6 Å². The monoisotopic (exact) mass is 420 g/mol. The number of fused-ring (bicyclic) bond motifs is 1. The van der Waals surface area contributed by atoms with Crippen molar-refractivity contribution in [1.82, 2.24) is 28.7 Å². The fraction of sp³-hybridized carbons (Fsp3) is 0.375. The van der Waals surface area contributed by atoms with Gasteiger partial charge in [0.1, 0.15) is 10.7 Å². The number of rotatable bonds is 5. The van der Waals surface area contributed by atoms with E-state index in [9.17, 15) is 13.7 Å². The van der Waals surface area contributed by atoms with Gasteiger partial charge in [0.2, 0.25) is 10.0 Å². The first-order valence-electron chi connectivity index (χ1n) is 8.51. The van der Waals surface area contributed by atoms with Crippen LogP contribution >= 0.6 is 11.6 Å². The average Bonchev–Trinajstić information content (AvgIpc) is 3.23. The number of nitriles is 1. The Hall–Kier alpha value is -2.68. The molecule has 1 aliphatic rings. The molecule has 1 saturated heterocycles. The van der Waals surface area contributed by atoms with Crippen LogP contribution in [0.2, 0.25) is 5.15 Å². The summed E-state index contributed by atoms with van der Waals surface area (Å²) < 4.78 is 28.8. The molecular formula is C16H17ClN8O2S. The van der Waals surface area contributed by atoms with Gasteiger partial charge in [0.05, 0.1) is 35.7 Å². The molecule has 0 unspecified atom stereocenters. The van der Waals surface area contributed by atoms with E-state index in [2.05, 4.69) is 21.3 Å². The lowest BCUT2D eigenvalue weighted by Crippen LogP contribution is -2.64. The molecule has 0 saturated carbocycles. The maximum Gasteiger partial charge on any atom is 0.213 e. The summed E-state index contributed by atoms with van der Waals surface area (Å²) in [5.74, 6) is 0.239. The van der Waals surface area contributed by atoms with Crippen molar-refractivity contribution in [3.63, 3.8) is 0 Å². The molecular weight excluding hydrogens is 404 g/mol. The molecule has 0 amide bonds. The second-order valence-electron chi connectivity index (χ2n) is 6.67. The zero-order chi connectivity index (χ0) is 20.1. The Kier molecular flexibility index (Phi) is 4.29. The minimum atomic E-state index is -3.33. The van der Waals surface area contributed by atoms with Gasteiger partial charge in [-0.2, -0.15) is 19.8 Å². The molecule has 0 radical (unpaired) electrons. The predicted octanol–water partition coefficient (Wildman–Crippen LogP) is 1.10. The molecule has 146 valence electrons. The van der Waals surface area contributed by atoms with Gasteiger partial charge < -0.3 is 5.73 Å². The number of hydrogen-bond donors (Lipinski definition) is 1. The quantitative estimate of drug-likeness (QED) is 0.610. The van der Waals surface area contributed by atoms with E-state index in [4.69, 9.17) is 17.3 Å².